The third-order valence-corrected chi connectivity index (χ3v) is 2.50. The van der Waals surface area contributed by atoms with E-state index in [0.29, 0.717) is 5.57 Å². The highest BCUT2D eigenvalue weighted by atomic mass is 14.7. The summed E-state index contributed by atoms with van der Waals surface area (Å²) in [6, 6.07) is 9.87. The number of benzene rings is 1. The average molecular weight is 211 g/mol. The van der Waals surface area contributed by atoms with E-state index in [2.05, 4.69) is 4.98 Å². The van der Waals surface area contributed by atoms with E-state index < -0.39 is 0 Å². The summed E-state index contributed by atoms with van der Waals surface area (Å²) in [5.41, 5.74) is 9.07. The molecule has 0 spiro atoms. The SMILES string of the molecule is Cc1ccc2cc(C(C=N)=CN)ccc2n1. The molecule has 3 N–H and O–H groups in total. The summed E-state index contributed by atoms with van der Waals surface area (Å²) < 4.78 is 0. The predicted octanol–water partition coefficient (Wildman–Crippen LogP) is 2.49. The van der Waals surface area contributed by atoms with Crippen LogP contribution in [0.2, 0.25) is 0 Å². The third kappa shape index (κ3) is 1.80. The summed E-state index contributed by atoms with van der Waals surface area (Å²) in [5, 5.41) is 8.31. The second kappa shape index (κ2) is 4.14. The molecule has 1 aromatic heterocycles. The smallest absolute Gasteiger partial charge is 0.0705 e. The molecule has 0 unspecified atom stereocenters. The van der Waals surface area contributed by atoms with Crippen molar-refractivity contribution in [3.63, 3.8) is 0 Å². The van der Waals surface area contributed by atoms with Crippen LogP contribution in [0.4, 0.5) is 0 Å². The van der Waals surface area contributed by atoms with Gasteiger partial charge in [-0.3, -0.25) is 4.98 Å². The van der Waals surface area contributed by atoms with Crippen LogP contribution in [0.5, 0.6) is 0 Å². The summed E-state index contributed by atoms with van der Waals surface area (Å²) in [7, 11) is 0. The summed E-state index contributed by atoms with van der Waals surface area (Å²) in [4.78, 5) is 4.42. The first-order valence-electron chi connectivity index (χ1n) is 5.05. The summed E-state index contributed by atoms with van der Waals surface area (Å²) in [6.07, 6.45) is 2.69. The molecule has 2 rings (SSSR count). The number of nitrogens with one attached hydrogen (secondary N) is 1. The quantitative estimate of drug-likeness (QED) is 0.749. The molecule has 0 aliphatic rings. The Kier molecular flexibility index (Phi) is 2.68. The molecule has 2 aromatic rings. The lowest BCUT2D eigenvalue weighted by Gasteiger charge is -2.03. The molecule has 3 nitrogen and oxygen atoms in total. The van der Waals surface area contributed by atoms with Crippen LogP contribution >= 0.6 is 0 Å². The van der Waals surface area contributed by atoms with Gasteiger partial charge in [-0.15, -0.1) is 0 Å². The Morgan fingerprint density at radius 2 is 2.12 bits per heavy atom. The van der Waals surface area contributed by atoms with E-state index in [9.17, 15) is 0 Å². The van der Waals surface area contributed by atoms with Gasteiger partial charge in [0.2, 0.25) is 0 Å². The van der Waals surface area contributed by atoms with Crippen LogP contribution in [-0.2, 0) is 0 Å². The van der Waals surface area contributed by atoms with Gasteiger partial charge in [-0.25, -0.2) is 0 Å². The number of rotatable bonds is 2. The van der Waals surface area contributed by atoms with Gasteiger partial charge in [-0.2, -0.15) is 0 Å². The fraction of sp³-hybridized carbons (Fsp3) is 0.0769. The van der Waals surface area contributed by atoms with Gasteiger partial charge in [0.15, 0.2) is 0 Å². The molecule has 0 radical (unpaired) electrons. The normalized spacial score (nSPS) is 11.7. The largest absolute Gasteiger partial charge is 0.404 e. The molecule has 0 atom stereocenters. The van der Waals surface area contributed by atoms with Crippen LogP contribution in [-0.4, -0.2) is 11.2 Å². The maximum absolute atomic E-state index is 7.25. The first kappa shape index (κ1) is 10.4. The van der Waals surface area contributed by atoms with Gasteiger partial charge in [-0.05, 0) is 30.7 Å². The van der Waals surface area contributed by atoms with Crippen molar-refractivity contribution in [2.24, 2.45) is 5.73 Å². The minimum Gasteiger partial charge on any atom is -0.404 e. The van der Waals surface area contributed by atoms with Gasteiger partial charge in [0, 0.05) is 29.1 Å². The van der Waals surface area contributed by atoms with Crippen LogP contribution < -0.4 is 5.73 Å². The highest BCUT2D eigenvalue weighted by molar-refractivity contribution is 6.09. The third-order valence-electron chi connectivity index (χ3n) is 2.50. The van der Waals surface area contributed by atoms with Gasteiger partial charge in [-0.1, -0.05) is 12.1 Å². The van der Waals surface area contributed by atoms with E-state index in [1.54, 1.807) is 0 Å². The number of hydrogen-bond donors (Lipinski definition) is 2. The van der Waals surface area contributed by atoms with Crippen molar-refractivity contribution in [3.8, 4) is 0 Å². The number of pyridine rings is 1. The van der Waals surface area contributed by atoms with E-state index in [-0.39, 0.29) is 0 Å². The van der Waals surface area contributed by atoms with Gasteiger partial charge >= 0.3 is 0 Å². The number of nitrogens with two attached hydrogens (primary N) is 1. The molecular weight excluding hydrogens is 198 g/mol. The first-order chi connectivity index (χ1) is 7.74. The van der Waals surface area contributed by atoms with Crippen molar-refractivity contribution in [3.05, 3.63) is 47.8 Å². The predicted molar refractivity (Wildman–Crippen MR) is 67.4 cm³/mol. The van der Waals surface area contributed by atoms with Gasteiger partial charge in [0.1, 0.15) is 0 Å². The van der Waals surface area contributed by atoms with E-state index in [1.165, 1.54) is 12.4 Å². The molecule has 1 aromatic carbocycles. The summed E-state index contributed by atoms with van der Waals surface area (Å²) in [6.45, 7) is 1.97. The highest BCUT2D eigenvalue weighted by Gasteiger charge is 2.00. The van der Waals surface area contributed by atoms with Crippen molar-refractivity contribution in [1.29, 1.82) is 5.41 Å². The Morgan fingerprint density at radius 3 is 2.81 bits per heavy atom. The van der Waals surface area contributed by atoms with Crippen LogP contribution in [0, 0.1) is 12.3 Å². The molecule has 0 fully saturated rings. The second-order valence-corrected chi connectivity index (χ2v) is 3.63. The molecule has 1 heterocycles. The molecular formula is C13H13N3. The fourth-order valence-corrected chi connectivity index (χ4v) is 1.63. The lowest BCUT2D eigenvalue weighted by molar-refractivity contribution is 1.25. The fourth-order valence-electron chi connectivity index (χ4n) is 1.63. The van der Waals surface area contributed by atoms with Gasteiger partial charge in [0.25, 0.3) is 0 Å². The molecule has 16 heavy (non-hydrogen) atoms. The number of nitrogens with zero attached hydrogens (tertiary/aromatic N) is 1. The molecule has 0 amide bonds. The number of aromatic nitrogens is 1. The zero-order chi connectivity index (χ0) is 11.5. The Morgan fingerprint density at radius 1 is 1.31 bits per heavy atom. The van der Waals surface area contributed by atoms with E-state index in [0.717, 1.165) is 22.2 Å². The molecule has 0 bridgehead atoms. The summed E-state index contributed by atoms with van der Waals surface area (Å²) in [5.74, 6) is 0. The number of hydrogen-bond acceptors (Lipinski definition) is 3. The molecule has 0 saturated carbocycles. The lowest BCUT2D eigenvalue weighted by Crippen LogP contribution is -1.91. The Balaban J connectivity index is 2.60. The average Bonchev–Trinajstić information content (AvgIpc) is 2.31. The van der Waals surface area contributed by atoms with Crippen LogP contribution in [0.15, 0.2) is 36.5 Å². The lowest BCUT2D eigenvalue weighted by atomic mass is 10.0. The van der Waals surface area contributed by atoms with Crippen LogP contribution in [0.25, 0.3) is 16.5 Å². The van der Waals surface area contributed by atoms with Crippen molar-refractivity contribution in [2.45, 2.75) is 6.92 Å². The highest BCUT2D eigenvalue weighted by Crippen LogP contribution is 2.18. The van der Waals surface area contributed by atoms with E-state index in [4.69, 9.17) is 11.1 Å². The Labute approximate surface area is 94.1 Å². The van der Waals surface area contributed by atoms with Crippen molar-refractivity contribution in [1.82, 2.24) is 4.98 Å². The number of aryl methyl sites for hydroxylation is 1. The van der Waals surface area contributed by atoms with Gasteiger partial charge < -0.3 is 11.1 Å². The minimum atomic E-state index is 0.711. The molecule has 0 aliphatic carbocycles. The Hall–Kier alpha value is -2.16. The summed E-state index contributed by atoms with van der Waals surface area (Å²) >= 11 is 0. The molecule has 0 aliphatic heterocycles. The number of fused-ring (bicyclic) bond motifs is 1. The monoisotopic (exact) mass is 211 g/mol. The molecule has 0 saturated heterocycles. The second-order valence-electron chi connectivity index (χ2n) is 3.63. The topological polar surface area (TPSA) is 62.8 Å². The minimum absolute atomic E-state index is 0.711. The zero-order valence-electron chi connectivity index (χ0n) is 9.07. The van der Waals surface area contributed by atoms with Crippen molar-refractivity contribution >= 4 is 22.7 Å². The van der Waals surface area contributed by atoms with Crippen molar-refractivity contribution in [2.75, 3.05) is 0 Å². The number of allylic oxidation sites excluding steroid dienone is 1. The van der Waals surface area contributed by atoms with E-state index >= 15 is 0 Å². The molecule has 80 valence electrons. The van der Waals surface area contributed by atoms with Crippen LogP contribution in [0.3, 0.4) is 0 Å². The maximum atomic E-state index is 7.25. The van der Waals surface area contributed by atoms with Crippen LogP contribution in [0.1, 0.15) is 11.3 Å². The van der Waals surface area contributed by atoms with Crippen molar-refractivity contribution < 1.29 is 0 Å². The van der Waals surface area contributed by atoms with E-state index in [1.807, 2.05) is 37.3 Å². The first-order valence-corrected chi connectivity index (χ1v) is 5.05. The zero-order valence-corrected chi connectivity index (χ0v) is 9.07. The van der Waals surface area contributed by atoms with Gasteiger partial charge in [0.05, 0.1) is 5.52 Å². The Bertz CT molecular complexity index is 570. The maximum Gasteiger partial charge on any atom is 0.0705 e. The standard InChI is InChI=1S/C13H13N3/c1-9-2-3-11-6-10(12(7-14)8-15)4-5-13(11)16-9/h2-8,14H,15H2,1H3. The molecule has 3 heteroatoms.